The molecule has 8 heteroatoms. The van der Waals surface area contributed by atoms with Gasteiger partial charge < -0.3 is 9.84 Å². The van der Waals surface area contributed by atoms with Crippen LogP contribution in [0.5, 0.6) is 0 Å². The average molecular weight is 489 g/mol. The van der Waals surface area contributed by atoms with Crippen LogP contribution in [0.25, 0.3) is 11.4 Å². The molecule has 0 radical (unpaired) electrons. The first-order chi connectivity index (χ1) is 15.6. The molecule has 0 atom stereocenters. The molecule has 1 aliphatic rings. The fraction of sp³-hybridized carbons (Fsp3) is 0.0833. The number of nitrogens with one attached hydrogen (secondary N) is 1. The SMILES string of the molecule is O=C1NC(c2ccccc2)(c2ccccc2)C(=O)N1Cc1nc(-c2cccc(Br)c2)no1. The lowest BCUT2D eigenvalue weighted by Crippen LogP contribution is -2.45. The van der Waals surface area contributed by atoms with E-state index in [-0.39, 0.29) is 12.4 Å². The van der Waals surface area contributed by atoms with Gasteiger partial charge in [0.1, 0.15) is 6.54 Å². The fourth-order valence-electron chi connectivity index (χ4n) is 3.85. The minimum absolute atomic E-state index is 0.132. The van der Waals surface area contributed by atoms with E-state index in [1.807, 2.05) is 84.9 Å². The third kappa shape index (κ3) is 3.38. The molecule has 0 saturated carbocycles. The van der Waals surface area contributed by atoms with Crippen LogP contribution in [0.4, 0.5) is 4.79 Å². The number of benzene rings is 3. The number of nitrogens with zero attached hydrogens (tertiary/aromatic N) is 3. The van der Waals surface area contributed by atoms with Gasteiger partial charge in [-0.25, -0.2) is 4.79 Å². The van der Waals surface area contributed by atoms with E-state index in [0.29, 0.717) is 17.0 Å². The molecule has 158 valence electrons. The second-order valence-electron chi connectivity index (χ2n) is 7.33. The van der Waals surface area contributed by atoms with Gasteiger partial charge in [-0.2, -0.15) is 4.98 Å². The zero-order chi connectivity index (χ0) is 22.1. The van der Waals surface area contributed by atoms with Crippen molar-refractivity contribution >= 4 is 27.9 Å². The number of carbonyl (C=O) groups excluding carboxylic acids is 2. The number of hydrogen-bond donors (Lipinski definition) is 1. The van der Waals surface area contributed by atoms with E-state index in [9.17, 15) is 9.59 Å². The number of carbonyl (C=O) groups is 2. The van der Waals surface area contributed by atoms with Crippen molar-refractivity contribution in [2.75, 3.05) is 0 Å². The molecule has 1 saturated heterocycles. The Kier molecular flexibility index (Phi) is 5.07. The van der Waals surface area contributed by atoms with Gasteiger partial charge in [0.15, 0.2) is 5.54 Å². The third-order valence-corrected chi connectivity index (χ3v) is 5.86. The first kappa shape index (κ1) is 20.1. The summed E-state index contributed by atoms with van der Waals surface area (Å²) in [6.07, 6.45) is 0. The Balaban J connectivity index is 1.49. The summed E-state index contributed by atoms with van der Waals surface area (Å²) in [6.45, 7) is -0.132. The predicted octanol–water partition coefficient (Wildman–Crippen LogP) is 4.49. The molecule has 0 bridgehead atoms. The zero-order valence-corrected chi connectivity index (χ0v) is 18.3. The minimum Gasteiger partial charge on any atom is -0.337 e. The lowest BCUT2D eigenvalue weighted by atomic mass is 9.82. The first-order valence-corrected chi connectivity index (χ1v) is 10.7. The molecule has 0 aliphatic carbocycles. The van der Waals surface area contributed by atoms with Gasteiger partial charge in [-0.1, -0.05) is 93.9 Å². The number of hydrogen-bond acceptors (Lipinski definition) is 5. The summed E-state index contributed by atoms with van der Waals surface area (Å²) in [5.74, 6) is 0.147. The summed E-state index contributed by atoms with van der Waals surface area (Å²) in [4.78, 5) is 32.2. The summed E-state index contributed by atoms with van der Waals surface area (Å²) in [6, 6.07) is 25.3. The second kappa shape index (κ2) is 8.05. The van der Waals surface area contributed by atoms with Gasteiger partial charge in [-0.3, -0.25) is 9.69 Å². The van der Waals surface area contributed by atoms with Crippen molar-refractivity contribution in [3.05, 3.63) is 106 Å². The molecule has 7 nitrogen and oxygen atoms in total. The molecule has 0 spiro atoms. The summed E-state index contributed by atoms with van der Waals surface area (Å²) in [5.41, 5.74) is 0.779. The van der Waals surface area contributed by atoms with Crippen LogP contribution in [-0.4, -0.2) is 27.0 Å². The highest BCUT2D eigenvalue weighted by molar-refractivity contribution is 9.10. The lowest BCUT2D eigenvalue weighted by molar-refractivity contribution is -0.130. The van der Waals surface area contributed by atoms with E-state index in [1.165, 1.54) is 0 Å². The molecule has 1 aliphatic heterocycles. The molecular formula is C24H17BrN4O3. The zero-order valence-electron chi connectivity index (χ0n) is 16.7. The van der Waals surface area contributed by atoms with Crippen LogP contribution in [0.3, 0.4) is 0 Å². The number of rotatable bonds is 5. The van der Waals surface area contributed by atoms with Crippen LogP contribution in [0.2, 0.25) is 0 Å². The van der Waals surface area contributed by atoms with E-state index in [1.54, 1.807) is 0 Å². The quantitative estimate of drug-likeness (QED) is 0.418. The normalized spacial score (nSPS) is 15.1. The Bertz CT molecular complexity index is 1250. The van der Waals surface area contributed by atoms with Crippen molar-refractivity contribution in [1.29, 1.82) is 0 Å². The van der Waals surface area contributed by atoms with Crippen molar-refractivity contribution < 1.29 is 14.1 Å². The van der Waals surface area contributed by atoms with Crippen LogP contribution < -0.4 is 5.32 Å². The highest BCUT2D eigenvalue weighted by Gasteiger charge is 2.54. The Morgan fingerprint density at radius 3 is 2.19 bits per heavy atom. The molecule has 0 unspecified atom stereocenters. The smallest absolute Gasteiger partial charge is 0.326 e. The Hall–Kier alpha value is -3.78. The fourth-order valence-corrected chi connectivity index (χ4v) is 4.25. The molecule has 1 N–H and O–H groups in total. The molecule has 3 amide bonds. The van der Waals surface area contributed by atoms with Crippen molar-refractivity contribution in [1.82, 2.24) is 20.4 Å². The number of imide groups is 1. The van der Waals surface area contributed by atoms with E-state index in [0.717, 1.165) is 14.9 Å². The number of amides is 3. The molecule has 4 aromatic rings. The largest absolute Gasteiger partial charge is 0.337 e. The van der Waals surface area contributed by atoms with Gasteiger partial charge in [-0.15, -0.1) is 0 Å². The molecule has 3 aromatic carbocycles. The van der Waals surface area contributed by atoms with Crippen LogP contribution >= 0.6 is 15.9 Å². The Labute approximate surface area is 192 Å². The van der Waals surface area contributed by atoms with Gasteiger partial charge in [-0.05, 0) is 23.3 Å². The molecule has 1 fully saturated rings. The van der Waals surface area contributed by atoms with E-state index in [2.05, 4.69) is 31.4 Å². The maximum Gasteiger partial charge on any atom is 0.326 e. The van der Waals surface area contributed by atoms with E-state index in [4.69, 9.17) is 4.52 Å². The molecular weight excluding hydrogens is 472 g/mol. The topological polar surface area (TPSA) is 88.3 Å². The van der Waals surface area contributed by atoms with Crippen molar-refractivity contribution in [2.45, 2.75) is 12.1 Å². The number of aromatic nitrogens is 2. The molecule has 2 heterocycles. The van der Waals surface area contributed by atoms with Crippen LogP contribution in [-0.2, 0) is 16.9 Å². The molecule has 5 rings (SSSR count). The van der Waals surface area contributed by atoms with E-state index >= 15 is 0 Å². The summed E-state index contributed by atoms with van der Waals surface area (Å²) >= 11 is 3.42. The maximum absolute atomic E-state index is 13.7. The number of halogens is 1. The monoisotopic (exact) mass is 488 g/mol. The van der Waals surface area contributed by atoms with Gasteiger partial charge in [0.05, 0.1) is 0 Å². The van der Waals surface area contributed by atoms with Gasteiger partial charge >= 0.3 is 6.03 Å². The van der Waals surface area contributed by atoms with Crippen molar-refractivity contribution in [3.8, 4) is 11.4 Å². The summed E-state index contributed by atoms with van der Waals surface area (Å²) in [7, 11) is 0. The second-order valence-corrected chi connectivity index (χ2v) is 8.24. The average Bonchev–Trinajstić information content (AvgIpc) is 3.39. The lowest BCUT2D eigenvalue weighted by Gasteiger charge is -2.27. The Morgan fingerprint density at radius 2 is 1.56 bits per heavy atom. The first-order valence-electron chi connectivity index (χ1n) is 9.91. The number of urea groups is 1. The van der Waals surface area contributed by atoms with Gasteiger partial charge in [0.2, 0.25) is 11.7 Å². The molecule has 32 heavy (non-hydrogen) atoms. The van der Waals surface area contributed by atoms with Crippen LogP contribution in [0.1, 0.15) is 17.0 Å². The van der Waals surface area contributed by atoms with Crippen molar-refractivity contribution in [2.24, 2.45) is 0 Å². The highest BCUT2D eigenvalue weighted by atomic mass is 79.9. The van der Waals surface area contributed by atoms with Crippen LogP contribution in [0, 0.1) is 0 Å². The highest BCUT2D eigenvalue weighted by Crippen LogP contribution is 2.36. The summed E-state index contributed by atoms with van der Waals surface area (Å²) in [5, 5.41) is 6.90. The Morgan fingerprint density at radius 1 is 0.906 bits per heavy atom. The summed E-state index contributed by atoms with van der Waals surface area (Å²) < 4.78 is 6.23. The minimum atomic E-state index is -1.33. The van der Waals surface area contributed by atoms with Gasteiger partial charge in [0.25, 0.3) is 5.91 Å². The predicted molar refractivity (Wildman–Crippen MR) is 120 cm³/mol. The van der Waals surface area contributed by atoms with E-state index < -0.39 is 17.5 Å². The third-order valence-electron chi connectivity index (χ3n) is 5.36. The molecule has 1 aromatic heterocycles. The van der Waals surface area contributed by atoms with Crippen LogP contribution in [0.15, 0.2) is 93.9 Å². The van der Waals surface area contributed by atoms with Crippen molar-refractivity contribution in [3.63, 3.8) is 0 Å². The standard InChI is InChI=1S/C24H17BrN4O3/c25-19-13-7-8-16(14-19)21-26-20(32-28-21)15-29-22(30)24(27-23(29)31,17-9-3-1-4-10-17)18-11-5-2-6-12-18/h1-14H,15H2,(H,27,31). The maximum atomic E-state index is 13.7. The van der Waals surface area contributed by atoms with Gasteiger partial charge in [0, 0.05) is 10.0 Å².